The van der Waals surface area contributed by atoms with Crippen molar-refractivity contribution in [2.24, 2.45) is 5.92 Å². The lowest BCUT2D eigenvalue weighted by molar-refractivity contribution is -0.147. The van der Waals surface area contributed by atoms with Crippen LogP contribution in [0.1, 0.15) is 13.8 Å². The number of hydrogen-bond acceptors (Lipinski definition) is 2. The minimum absolute atomic E-state index is 0.114. The molecule has 0 saturated carbocycles. The van der Waals surface area contributed by atoms with Crippen LogP contribution in [-0.2, 0) is 9.53 Å². The molecule has 0 aromatic heterocycles. The molecular weight excluding hydrogens is 123 g/mol. The molecule has 0 spiro atoms. The fraction of sp³-hybridized carbons (Fsp3) is 0.833. The number of ether oxygens (including phenoxy) is 1. The summed E-state index contributed by atoms with van der Waals surface area (Å²) in [7, 11) is 0. The van der Waals surface area contributed by atoms with Crippen molar-refractivity contribution in [1.29, 1.82) is 0 Å². The second kappa shape index (κ2) is 4.30. The van der Waals surface area contributed by atoms with Crippen molar-refractivity contribution in [2.45, 2.75) is 13.8 Å². The Balaban J connectivity index is 3.28. The first-order valence-electron chi connectivity index (χ1n) is 2.91. The molecule has 0 fully saturated rings. The first kappa shape index (κ1) is 8.40. The van der Waals surface area contributed by atoms with Crippen molar-refractivity contribution >= 4 is 5.97 Å². The van der Waals surface area contributed by atoms with Crippen LogP contribution < -0.4 is 0 Å². The molecule has 9 heavy (non-hydrogen) atoms. The smallest absolute Gasteiger partial charge is 0.308 e. The molecular formula is C6H11FO2. The zero-order valence-corrected chi connectivity index (χ0v) is 5.69. The fourth-order valence-electron chi connectivity index (χ4n) is 0.306. The van der Waals surface area contributed by atoms with E-state index in [9.17, 15) is 9.18 Å². The second-order valence-electron chi connectivity index (χ2n) is 2.01. The predicted molar refractivity (Wildman–Crippen MR) is 31.8 cm³/mol. The molecule has 2 nitrogen and oxygen atoms in total. The highest BCUT2D eigenvalue weighted by molar-refractivity contribution is 5.71. The molecule has 0 aliphatic heterocycles. The van der Waals surface area contributed by atoms with Gasteiger partial charge in [0.1, 0.15) is 13.3 Å². The Bertz CT molecular complexity index is 91.1. The molecule has 54 valence electrons. The van der Waals surface area contributed by atoms with Gasteiger partial charge < -0.3 is 4.74 Å². The van der Waals surface area contributed by atoms with Crippen LogP contribution in [-0.4, -0.2) is 19.3 Å². The van der Waals surface area contributed by atoms with Crippen molar-refractivity contribution < 1.29 is 13.9 Å². The van der Waals surface area contributed by atoms with Crippen LogP contribution in [0.5, 0.6) is 0 Å². The third-order valence-corrected chi connectivity index (χ3v) is 0.793. The van der Waals surface area contributed by atoms with Gasteiger partial charge in [0.05, 0.1) is 5.92 Å². The fourth-order valence-corrected chi connectivity index (χ4v) is 0.306. The monoisotopic (exact) mass is 134 g/mol. The van der Waals surface area contributed by atoms with E-state index in [0.717, 1.165) is 0 Å². The van der Waals surface area contributed by atoms with E-state index in [1.807, 2.05) is 0 Å². The Hall–Kier alpha value is -0.600. The largest absolute Gasteiger partial charge is 0.463 e. The summed E-state index contributed by atoms with van der Waals surface area (Å²) in [6, 6.07) is 0. The van der Waals surface area contributed by atoms with Crippen LogP contribution in [0, 0.1) is 5.92 Å². The zero-order chi connectivity index (χ0) is 7.28. The first-order chi connectivity index (χ1) is 4.18. The lowest BCUT2D eigenvalue weighted by Crippen LogP contribution is -2.12. The van der Waals surface area contributed by atoms with Gasteiger partial charge in [-0.2, -0.15) is 0 Å². The van der Waals surface area contributed by atoms with E-state index >= 15 is 0 Å². The van der Waals surface area contributed by atoms with E-state index in [-0.39, 0.29) is 18.5 Å². The summed E-state index contributed by atoms with van der Waals surface area (Å²) < 4.78 is 15.8. The Labute approximate surface area is 54.0 Å². The van der Waals surface area contributed by atoms with Gasteiger partial charge in [0.2, 0.25) is 0 Å². The van der Waals surface area contributed by atoms with E-state index in [2.05, 4.69) is 4.74 Å². The van der Waals surface area contributed by atoms with Crippen LogP contribution >= 0.6 is 0 Å². The maximum absolute atomic E-state index is 11.3. The molecule has 0 N–H and O–H groups in total. The third-order valence-electron chi connectivity index (χ3n) is 0.793. The molecule has 0 aliphatic carbocycles. The van der Waals surface area contributed by atoms with Gasteiger partial charge in [0.15, 0.2) is 0 Å². The molecule has 0 heterocycles. The van der Waals surface area contributed by atoms with Crippen molar-refractivity contribution in [3.05, 3.63) is 0 Å². The summed E-state index contributed by atoms with van der Waals surface area (Å²) in [5.74, 6) is -0.496. The third kappa shape index (κ3) is 3.94. The average molecular weight is 134 g/mol. The molecule has 0 rings (SSSR count). The van der Waals surface area contributed by atoms with Crippen molar-refractivity contribution in [2.75, 3.05) is 13.3 Å². The number of esters is 1. The molecule has 0 atom stereocenters. The quantitative estimate of drug-likeness (QED) is 0.541. The van der Waals surface area contributed by atoms with Crippen LogP contribution in [0.2, 0.25) is 0 Å². The van der Waals surface area contributed by atoms with Crippen LogP contribution in [0.3, 0.4) is 0 Å². The maximum atomic E-state index is 11.3. The maximum Gasteiger partial charge on any atom is 0.308 e. The molecule has 0 aliphatic rings. The molecule has 0 saturated heterocycles. The minimum atomic E-state index is -0.599. The molecule has 0 aromatic carbocycles. The number of hydrogen-bond donors (Lipinski definition) is 0. The van der Waals surface area contributed by atoms with Gasteiger partial charge in [-0.15, -0.1) is 0 Å². The zero-order valence-electron chi connectivity index (χ0n) is 5.69. The minimum Gasteiger partial charge on any atom is -0.463 e. The summed E-state index contributed by atoms with van der Waals surface area (Å²) >= 11 is 0. The van der Waals surface area contributed by atoms with Crippen molar-refractivity contribution in [1.82, 2.24) is 0 Å². The van der Waals surface area contributed by atoms with Crippen LogP contribution in [0.25, 0.3) is 0 Å². The van der Waals surface area contributed by atoms with Gasteiger partial charge in [-0.3, -0.25) is 4.79 Å². The Morgan fingerprint density at radius 3 is 2.56 bits per heavy atom. The van der Waals surface area contributed by atoms with Gasteiger partial charge >= 0.3 is 5.97 Å². The van der Waals surface area contributed by atoms with Gasteiger partial charge in [0.25, 0.3) is 0 Å². The second-order valence-corrected chi connectivity index (χ2v) is 2.01. The highest BCUT2D eigenvalue weighted by Gasteiger charge is 2.06. The summed E-state index contributed by atoms with van der Waals surface area (Å²) in [6.45, 7) is 2.70. The molecule has 0 radical (unpaired) electrons. The van der Waals surface area contributed by atoms with Gasteiger partial charge in [-0.25, -0.2) is 4.39 Å². The van der Waals surface area contributed by atoms with Crippen molar-refractivity contribution in [3.8, 4) is 0 Å². The van der Waals surface area contributed by atoms with E-state index in [0.29, 0.717) is 0 Å². The standard InChI is InChI=1S/C6H11FO2/c1-5(2)6(8)9-4-3-7/h5H,3-4H2,1-2H3. The van der Waals surface area contributed by atoms with Gasteiger partial charge in [-0.05, 0) is 0 Å². The molecule has 3 heteroatoms. The number of alkyl halides is 1. The van der Waals surface area contributed by atoms with Crippen LogP contribution in [0.4, 0.5) is 4.39 Å². The van der Waals surface area contributed by atoms with E-state index in [4.69, 9.17) is 0 Å². The lowest BCUT2D eigenvalue weighted by atomic mass is 10.2. The molecule has 0 unspecified atom stereocenters. The average Bonchev–Trinajstić information content (AvgIpc) is 1.82. The normalized spacial score (nSPS) is 9.78. The van der Waals surface area contributed by atoms with Crippen molar-refractivity contribution in [3.63, 3.8) is 0 Å². The van der Waals surface area contributed by atoms with E-state index < -0.39 is 6.67 Å². The van der Waals surface area contributed by atoms with Crippen LogP contribution in [0.15, 0.2) is 0 Å². The summed E-state index contributed by atoms with van der Waals surface area (Å²) in [6.07, 6.45) is 0. The van der Waals surface area contributed by atoms with Gasteiger partial charge in [0, 0.05) is 0 Å². The Morgan fingerprint density at radius 2 is 2.22 bits per heavy atom. The lowest BCUT2D eigenvalue weighted by Gasteiger charge is -2.02. The topological polar surface area (TPSA) is 26.3 Å². The van der Waals surface area contributed by atoms with E-state index in [1.165, 1.54) is 0 Å². The summed E-state index contributed by atoms with van der Waals surface area (Å²) in [5, 5.41) is 0. The van der Waals surface area contributed by atoms with E-state index in [1.54, 1.807) is 13.8 Å². The summed E-state index contributed by atoms with van der Waals surface area (Å²) in [5.41, 5.74) is 0. The molecule has 0 aromatic rings. The summed E-state index contributed by atoms with van der Waals surface area (Å²) in [4.78, 5) is 10.5. The Kier molecular flexibility index (Phi) is 4.01. The Morgan fingerprint density at radius 1 is 1.67 bits per heavy atom. The number of halogens is 1. The highest BCUT2D eigenvalue weighted by Crippen LogP contribution is 1.94. The SMILES string of the molecule is CC(C)C(=O)OCCF. The van der Waals surface area contributed by atoms with Gasteiger partial charge in [-0.1, -0.05) is 13.8 Å². The highest BCUT2D eigenvalue weighted by atomic mass is 19.1. The molecule has 0 bridgehead atoms. The molecule has 0 amide bonds. The number of carbonyl (C=O) groups is 1. The number of carbonyl (C=O) groups excluding carboxylic acids is 1. The predicted octanol–water partition coefficient (Wildman–Crippen LogP) is 1.16. The first-order valence-corrected chi connectivity index (χ1v) is 2.91. The number of rotatable bonds is 3.